The van der Waals surface area contributed by atoms with Gasteiger partial charge in [-0.05, 0) is 48.1 Å². The fourth-order valence-corrected chi connectivity index (χ4v) is 5.27. The van der Waals surface area contributed by atoms with Crippen LogP contribution in [0.2, 0.25) is 0 Å². The zero-order valence-corrected chi connectivity index (χ0v) is 17.6. The molecule has 0 bridgehead atoms. The number of rotatable bonds is 7. The van der Waals surface area contributed by atoms with E-state index < -0.39 is 0 Å². The van der Waals surface area contributed by atoms with Gasteiger partial charge in [0.1, 0.15) is 5.82 Å². The van der Waals surface area contributed by atoms with Gasteiger partial charge < -0.3 is 9.47 Å². The quantitative estimate of drug-likeness (QED) is 0.427. The van der Waals surface area contributed by atoms with Gasteiger partial charge in [0.25, 0.3) is 0 Å². The summed E-state index contributed by atoms with van der Waals surface area (Å²) in [5.41, 5.74) is 2.47. The van der Waals surface area contributed by atoms with E-state index in [0.29, 0.717) is 23.8 Å². The maximum Gasteiger partial charge on any atom is 0.231 e. The minimum Gasteiger partial charge on any atom is -0.315 e. The Morgan fingerprint density at radius 2 is 2.14 bits per heavy atom. The summed E-state index contributed by atoms with van der Waals surface area (Å²) in [5, 5.41) is 11.7. The van der Waals surface area contributed by atoms with E-state index in [1.165, 1.54) is 16.6 Å². The Labute approximate surface area is 176 Å². The highest BCUT2D eigenvalue weighted by Crippen LogP contribution is 2.39. The van der Waals surface area contributed by atoms with Crippen LogP contribution >= 0.6 is 23.1 Å². The van der Waals surface area contributed by atoms with E-state index in [2.05, 4.69) is 26.2 Å². The van der Waals surface area contributed by atoms with Gasteiger partial charge in [0.2, 0.25) is 5.91 Å². The summed E-state index contributed by atoms with van der Waals surface area (Å²) in [4.78, 5) is 27.5. The number of aromatic nitrogens is 3. The average molecular weight is 425 g/mol. The maximum atomic E-state index is 12.8. The van der Waals surface area contributed by atoms with Gasteiger partial charge in [-0.25, -0.2) is 0 Å². The van der Waals surface area contributed by atoms with Crippen molar-refractivity contribution in [2.75, 3.05) is 17.7 Å². The lowest BCUT2D eigenvalue weighted by molar-refractivity contribution is -0.117. The highest BCUT2D eigenvalue weighted by molar-refractivity contribution is 7.99. The van der Waals surface area contributed by atoms with Crippen molar-refractivity contribution < 1.29 is 9.59 Å². The first-order chi connectivity index (χ1) is 14.1. The number of fused-ring (bicyclic) bond motifs is 1. The average Bonchev–Trinajstić information content (AvgIpc) is 3.15. The molecule has 1 saturated carbocycles. The molecule has 3 heterocycles. The molecule has 0 radical (unpaired) electrons. The third kappa shape index (κ3) is 3.62. The number of nitrogens with zero attached hydrogens (tertiary/aromatic N) is 4. The highest BCUT2D eigenvalue weighted by atomic mass is 32.2. The van der Waals surface area contributed by atoms with Crippen LogP contribution < -0.4 is 4.90 Å². The van der Waals surface area contributed by atoms with E-state index in [0.717, 1.165) is 41.5 Å². The topological polar surface area (TPSA) is 68.1 Å². The smallest absolute Gasteiger partial charge is 0.231 e. The van der Waals surface area contributed by atoms with Gasteiger partial charge in [-0.2, -0.15) is 0 Å². The van der Waals surface area contributed by atoms with Crippen LogP contribution in [0.15, 0.2) is 40.9 Å². The number of carbonyl (C=O) groups is 2. The molecule has 0 spiro atoms. The van der Waals surface area contributed by atoms with Crippen molar-refractivity contribution >= 4 is 40.5 Å². The fraction of sp³-hybridized carbons (Fsp3) is 0.333. The molecule has 2 aromatic heterocycles. The van der Waals surface area contributed by atoms with Gasteiger partial charge in [-0.3, -0.25) is 9.59 Å². The van der Waals surface area contributed by atoms with E-state index in [-0.39, 0.29) is 11.7 Å². The zero-order valence-electron chi connectivity index (χ0n) is 16.0. The molecule has 8 heteroatoms. The van der Waals surface area contributed by atoms with Crippen molar-refractivity contribution in [1.29, 1.82) is 0 Å². The molecule has 1 amide bonds. The molecule has 148 valence electrons. The third-order valence-electron chi connectivity index (χ3n) is 5.37. The monoisotopic (exact) mass is 424 g/mol. The number of likely N-dealkylation sites (N-methyl/N-ethyl adjacent to an activating group) is 1. The van der Waals surface area contributed by atoms with E-state index in [9.17, 15) is 9.59 Å². The lowest BCUT2D eigenvalue weighted by Gasteiger charge is -2.10. The molecule has 0 atom stereocenters. The summed E-state index contributed by atoms with van der Waals surface area (Å²) in [7, 11) is 1.77. The maximum absolute atomic E-state index is 12.8. The largest absolute Gasteiger partial charge is 0.315 e. The number of carbonyl (C=O) groups excluding carboxylic acids is 2. The SMILES string of the molecule is CN1C(=O)Cc2cc(C(=O)CSc3nnc(Cc4cccs4)n3C3CC3)ccc21. The fourth-order valence-electron chi connectivity index (χ4n) is 3.65. The minimum atomic E-state index is 0.0463. The van der Waals surface area contributed by atoms with Crippen LogP contribution in [0.5, 0.6) is 0 Å². The van der Waals surface area contributed by atoms with Gasteiger partial charge in [-0.15, -0.1) is 21.5 Å². The molecule has 6 nitrogen and oxygen atoms in total. The Hall–Kier alpha value is -2.45. The number of ketones is 1. The van der Waals surface area contributed by atoms with Crippen LogP contribution in [0.25, 0.3) is 0 Å². The molecule has 1 aromatic carbocycles. The van der Waals surface area contributed by atoms with Crippen molar-refractivity contribution in [3.8, 4) is 0 Å². The number of hydrogen-bond donors (Lipinski definition) is 0. The Balaban J connectivity index is 1.30. The third-order valence-corrected chi connectivity index (χ3v) is 7.19. The summed E-state index contributed by atoms with van der Waals surface area (Å²) in [6, 6.07) is 10.2. The first-order valence-electron chi connectivity index (χ1n) is 9.62. The van der Waals surface area contributed by atoms with Crippen LogP contribution in [0.3, 0.4) is 0 Å². The van der Waals surface area contributed by atoms with Crippen molar-refractivity contribution in [3.05, 3.63) is 57.5 Å². The molecule has 1 fully saturated rings. The van der Waals surface area contributed by atoms with Gasteiger partial charge >= 0.3 is 0 Å². The predicted molar refractivity (Wildman–Crippen MR) is 114 cm³/mol. The lowest BCUT2D eigenvalue weighted by Crippen LogP contribution is -2.20. The van der Waals surface area contributed by atoms with Crippen molar-refractivity contribution in [1.82, 2.24) is 14.8 Å². The molecule has 2 aliphatic rings. The highest BCUT2D eigenvalue weighted by Gasteiger charge is 2.30. The Morgan fingerprint density at radius 1 is 1.28 bits per heavy atom. The van der Waals surface area contributed by atoms with E-state index in [1.54, 1.807) is 23.3 Å². The Kier molecular flexibility index (Phi) is 4.75. The lowest BCUT2D eigenvalue weighted by atomic mass is 10.1. The van der Waals surface area contributed by atoms with Crippen molar-refractivity contribution in [2.24, 2.45) is 0 Å². The second-order valence-electron chi connectivity index (χ2n) is 7.44. The molecule has 0 N–H and O–H groups in total. The first kappa shape index (κ1) is 18.6. The number of Topliss-reactive ketones (excluding diaryl/α,β-unsaturated/α-hetero) is 1. The molecule has 0 unspecified atom stereocenters. The standard InChI is InChI=1S/C21H20N4O2S2/c1-24-17-7-4-13(9-14(17)10-20(24)27)18(26)12-29-21-23-22-19(25(21)15-5-6-15)11-16-3-2-8-28-16/h2-4,7-9,15H,5-6,10-12H2,1H3. The van der Waals surface area contributed by atoms with Gasteiger partial charge in [0, 0.05) is 35.6 Å². The summed E-state index contributed by atoms with van der Waals surface area (Å²) in [6.45, 7) is 0. The van der Waals surface area contributed by atoms with Gasteiger partial charge in [0.15, 0.2) is 10.9 Å². The van der Waals surface area contributed by atoms with Crippen molar-refractivity contribution in [2.45, 2.75) is 36.9 Å². The normalized spacial score (nSPS) is 15.8. The molecule has 29 heavy (non-hydrogen) atoms. The number of anilines is 1. The number of thioether (sulfide) groups is 1. The number of thiophene rings is 1. The number of amides is 1. The second-order valence-corrected chi connectivity index (χ2v) is 9.42. The number of hydrogen-bond acceptors (Lipinski definition) is 6. The summed E-state index contributed by atoms with van der Waals surface area (Å²) in [5.74, 6) is 1.40. The molecule has 1 aliphatic heterocycles. The Bertz CT molecular complexity index is 1090. The van der Waals surface area contributed by atoms with Crippen LogP contribution in [-0.4, -0.2) is 39.3 Å². The summed E-state index contributed by atoms with van der Waals surface area (Å²) in [6.07, 6.45) is 3.43. The van der Waals surface area contributed by atoms with Crippen molar-refractivity contribution in [3.63, 3.8) is 0 Å². The number of benzene rings is 1. The van der Waals surface area contributed by atoms with Gasteiger partial charge in [-0.1, -0.05) is 17.8 Å². The van der Waals surface area contributed by atoms with Crippen LogP contribution in [0.4, 0.5) is 5.69 Å². The molecule has 3 aromatic rings. The molecule has 5 rings (SSSR count). The summed E-state index contributed by atoms with van der Waals surface area (Å²) >= 11 is 3.18. The first-order valence-corrected chi connectivity index (χ1v) is 11.5. The van der Waals surface area contributed by atoms with E-state index in [4.69, 9.17) is 0 Å². The van der Waals surface area contributed by atoms with Crippen LogP contribution in [0, 0.1) is 0 Å². The van der Waals surface area contributed by atoms with Crippen LogP contribution in [-0.2, 0) is 17.6 Å². The summed E-state index contributed by atoms with van der Waals surface area (Å²) < 4.78 is 2.22. The molecular weight excluding hydrogens is 404 g/mol. The predicted octanol–water partition coefficient (Wildman–Crippen LogP) is 3.76. The second kappa shape index (κ2) is 7.42. The zero-order chi connectivity index (χ0) is 20.0. The minimum absolute atomic E-state index is 0.0463. The van der Waals surface area contributed by atoms with Gasteiger partial charge in [0.05, 0.1) is 12.2 Å². The van der Waals surface area contributed by atoms with Crippen LogP contribution in [0.1, 0.15) is 45.5 Å². The molecular formula is C21H20N4O2S2. The Morgan fingerprint density at radius 3 is 2.90 bits per heavy atom. The van der Waals surface area contributed by atoms with E-state index >= 15 is 0 Å². The molecule has 1 aliphatic carbocycles. The van der Waals surface area contributed by atoms with E-state index in [1.807, 2.05) is 24.3 Å². The molecule has 0 saturated heterocycles.